The number of nitrogens with one attached hydrogen (secondary N) is 3. The summed E-state index contributed by atoms with van der Waals surface area (Å²) in [4.78, 5) is 7.31. The van der Waals surface area contributed by atoms with E-state index in [4.69, 9.17) is 10.1 Å². The second-order valence-corrected chi connectivity index (χ2v) is 6.82. The van der Waals surface area contributed by atoms with Gasteiger partial charge in [-0.25, -0.2) is 9.50 Å². The maximum atomic E-state index is 4.96. The summed E-state index contributed by atoms with van der Waals surface area (Å²) in [6.45, 7) is 10.3. The van der Waals surface area contributed by atoms with Crippen molar-refractivity contribution in [2.75, 3.05) is 55.1 Å². The van der Waals surface area contributed by atoms with Gasteiger partial charge in [0.25, 0.3) is 0 Å². The van der Waals surface area contributed by atoms with Crippen LogP contribution in [0.1, 0.15) is 25.2 Å². The van der Waals surface area contributed by atoms with Crippen LogP contribution in [0.5, 0.6) is 0 Å². The normalized spacial score (nSPS) is 11.0. The van der Waals surface area contributed by atoms with Gasteiger partial charge in [0.2, 0.25) is 0 Å². The Kier molecular flexibility index (Phi) is 5.63. The minimum absolute atomic E-state index is 0.834. The quantitative estimate of drug-likeness (QED) is 0.575. The largest absolute Gasteiger partial charge is 0.388 e. The molecule has 0 amide bonds. The molecule has 0 aliphatic rings. The van der Waals surface area contributed by atoms with E-state index in [1.807, 2.05) is 32.6 Å². The minimum Gasteiger partial charge on any atom is -0.388 e. The predicted molar refractivity (Wildman–Crippen MR) is 120 cm³/mol. The van der Waals surface area contributed by atoms with Gasteiger partial charge >= 0.3 is 0 Å². The van der Waals surface area contributed by atoms with E-state index in [0.29, 0.717) is 0 Å². The van der Waals surface area contributed by atoms with Crippen molar-refractivity contribution in [2.24, 2.45) is 0 Å². The molecule has 2 heterocycles. The molecule has 0 bridgehead atoms. The second-order valence-electron chi connectivity index (χ2n) is 6.82. The number of aromatic nitrogens is 3. The van der Waals surface area contributed by atoms with Gasteiger partial charge in [0.15, 0.2) is 5.82 Å². The Morgan fingerprint density at radius 2 is 1.54 bits per heavy atom. The van der Waals surface area contributed by atoms with Crippen LogP contribution in [0, 0.1) is 13.8 Å². The molecule has 0 saturated carbocycles. The number of benzene rings is 1. The Morgan fingerprint density at radius 1 is 0.929 bits per heavy atom. The number of rotatable bonds is 7. The van der Waals surface area contributed by atoms with Gasteiger partial charge in [0, 0.05) is 51.3 Å². The average Bonchev–Trinajstić information content (AvgIpc) is 3.03. The monoisotopic (exact) mass is 381 g/mol. The molecule has 0 fully saturated rings. The van der Waals surface area contributed by atoms with Gasteiger partial charge in [0.05, 0.1) is 22.6 Å². The van der Waals surface area contributed by atoms with Crippen LogP contribution in [0.25, 0.3) is 16.9 Å². The van der Waals surface area contributed by atoms with Gasteiger partial charge in [0.1, 0.15) is 5.52 Å². The lowest BCUT2D eigenvalue weighted by Crippen LogP contribution is -2.23. The Morgan fingerprint density at radius 3 is 2.04 bits per heavy atom. The molecule has 0 spiro atoms. The highest BCUT2D eigenvalue weighted by Gasteiger charge is 2.22. The fourth-order valence-corrected chi connectivity index (χ4v) is 3.75. The number of anilines is 4. The van der Waals surface area contributed by atoms with Gasteiger partial charge in [-0.15, -0.1) is 0 Å². The molecule has 0 saturated heterocycles. The van der Waals surface area contributed by atoms with Crippen molar-refractivity contribution in [2.45, 2.75) is 27.7 Å². The van der Waals surface area contributed by atoms with Gasteiger partial charge < -0.3 is 20.9 Å². The zero-order valence-electron chi connectivity index (χ0n) is 17.9. The van der Waals surface area contributed by atoms with E-state index in [-0.39, 0.29) is 0 Å². The Labute approximate surface area is 167 Å². The zero-order valence-corrected chi connectivity index (χ0v) is 17.9. The average molecular weight is 382 g/mol. The first-order valence-corrected chi connectivity index (χ1v) is 9.82. The summed E-state index contributed by atoms with van der Waals surface area (Å²) in [6.07, 6.45) is 0. The molecule has 28 heavy (non-hydrogen) atoms. The molecular formula is C21H31N7. The van der Waals surface area contributed by atoms with E-state index >= 15 is 0 Å². The van der Waals surface area contributed by atoms with Crippen molar-refractivity contribution in [3.8, 4) is 11.4 Å². The Bertz CT molecular complexity index is 961. The van der Waals surface area contributed by atoms with Crippen LogP contribution in [0.15, 0.2) is 18.2 Å². The fourth-order valence-electron chi connectivity index (χ4n) is 3.75. The molecule has 7 nitrogen and oxygen atoms in total. The van der Waals surface area contributed by atoms with Crippen molar-refractivity contribution >= 4 is 28.3 Å². The van der Waals surface area contributed by atoms with Crippen LogP contribution in [0.2, 0.25) is 0 Å². The molecule has 0 aliphatic heterocycles. The molecule has 0 aliphatic carbocycles. The van der Waals surface area contributed by atoms with E-state index < -0.39 is 0 Å². The topological polar surface area (TPSA) is 69.5 Å². The summed E-state index contributed by atoms with van der Waals surface area (Å²) in [5.74, 6) is 0.834. The molecule has 0 atom stereocenters. The van der Waals surface area contributed by atoms with Gasteiger partial charge in [-0.1, -0.05) is 0 Å². The van der Waals surface area contributed by atoms with Gasteiger partial charge in [-0.2, -0.15) is 5.10 Å². The lowest BCUT2D eigenvalue weighted by Gasteiger charge is -2.23. The van der Waals surface area contributed by atoms with Crippen LogP contribution in [-0.2, 0) is 0 Å². The molecular weight excluding hydrogens is 350 g/mol. The maximum absolute atomic E-state index is 4.96. The summed E-state index contributed by atoms with van der Waals surface area (Å²) >= 11 is 0. The van der Waals surface area contributed by atoms with E-state index in [0.717, 1.165) is 58.4 Å². The smallest absolute Gasteiger partial charge is 0.165 e. The summed E-state index contributed by atoms with van der Waals surface area (Å²) in [5, 5.41) is 14.7. The highest BCUT2D eigenvalue weighted by Crippen LogP contribution is 2.39. The lowest BCUT2D eigenvalue weighted by atomic mass is 10.1. The van der Waals surface area contributed by atoms with Crippen molar-refractivity contribution in [1.29, 1.82) is 0 Å². The summed E-state index contributed by atoms with van der Waals surface area (Å²) in [6, 6.07) is 6.34. The maximum Gasteiger partial charge on any atom is 0.165 e. The highest BCUT2D eigenvalue weighted by molar-refractivity contribution is 5.91. The van der Waals surface area contributed by atoms with E-state index in [2.05, 4.69) is 59.8 Å². The van der Waals surface area contributed by atoms with Crippen molar-refractivity contribution in [1.82, 2.24) is 14.6 Å². The van der Waals surface area contributed by atoms with E-state index in [1.165, 1.54) is 5.69 Å². The summed E-state index contributed by atoms with van der Waals surface area (Å²) in [7, 11) is 5.78. The van der Waals surface area contributed by atoms with Crippen LogP contribution < -0.4 is 20.9 Å². The van der Waals surface area contributed by atoms with Crippen molar-refractivity contribution < 1.29 is 0 Å². The lowest BCUT2D eigenvalue weighted by molar-refractivity contribution is 0.843. The number of nitrogens with zero attached hydrogens (tertiary/aromatic N) is 4. The van der Waals surface area contributed by atoms with E-state index in [9.17, 15) is 0 Å². The van der Waals surface area contributed by atoms with Crippen molar-refractivity contribution in [3.05, 3.63) is 29.6 Å². The molecule has 2 aromatic heterocycles. The number of fused-ring (bicyclic) bond motifs is 1. The van der Waals surface area contributed by atoms with Gasteiger partial charge in [-0.3, -0.25) is 0 Å². The standard InChI is InChI=1S/C21H31N7/c1-8-27(9-2)18-10-13(3)26-28-20(18)14(4)25-21(28)19-16(23-6)11-15(22-5)12-17(19)24-7/h10-12,22-24H,8-9H2,1-7H3. The molecule has 150 valence electrons. The molecule has 0 unspecified atom stereocenters. The predicted octanol–water partition coefficient (Wildman–Crippen LogP) is 3.98. The van der Waals surface area contributed by atoms with Crippen LogP contribution >= 0.6 is 0 Å². The minimum atomic E-state index is 0.834. The third-order valence-electron chi connectivity index (χ3n) is 5.17. The Balaban J connectivity index is 2.38. The number of hydrogen-bond acceptors (Lipinski definition) is 6. The molecule has 7 heteroatoms. The van der Waals surface area contributed by atoms with Crippen molar-refractivity contribution in [3.63, 3.8) is 0 Å². The van der Waals surface area contributed by atoms with Crippen LogP contribution in [0.4, 0.5) is 22.7 Å². The zero-order chi connectivity index (χ0) is 20.4. The first-order valence-electron chi connectivity index (χ1n) is 9.82. The highest BCUT2D eigenvalue weighted by atomic mass is 15.3. The first-order chi connectivity index (χ1) is 13.5. The Hall–Kier alpha value is -2.96. The number of aryl methyl sites for hydroxylation is 2. The molecule has 3 aromatic rings. The summed E-state index contributed by atoms with van der Waals surface area (Å²) < 4.78 is 1.99. The molecule has 3 N–H and O–H groups in total. The third kappa shape index (κ3) is 3.21. The SMILES string of the molecule is CCN(CC)c1cc(C)nn2c(-c3c(NC)cc(NC)cc3NC)nc(C)c12. The van der Waals surface area contributed by atoms with Crippen LogP contribution in [-0.4, -0.2) is 48.8 Å². The molecule has 3 rings (SSSR count). The number of imidazole rings is 1. The number of hydrogen-bond donors (Lipinski definition) is 3. The van der Waals surface area contributed by atoms with Crippen LogP contribution in [0.3, 0.4) is 0 Å². The fraction of sp³-hybridized carbons (Fsp3) is 0.429. The van der Waals surface area contributed by atoms with E-state index in [1.54, 1.807) is 0 Å². The summed E-state index contributed by atoms with van der Waals surface area (Å²) in [5.41, 5.74) is 8.22. The third-order valence-corrected chi connectivity index (χ3v) is 5.17. The molecule has 0 radical (unpaired) electrons. The second kappa shape index (κ2) is 7.96. The first kappa shape index (κ1) is 19.8. The molecule has 1 aromatic carbocycles. The van der Waals surface area contributed by atoms with Gasteiger partial charge in [-0.05, 0) is 45.9 Å².